The topological polar surface area (TPSA) is 91.6 Å². The van der Waals surface area contributed by atoms with E-state index in [2.05, 4.69) is 15.5 Å². The number of hydrogen-bond acceptors (Lipinski definition) is 7. The molecule has 1 N–H and O–H groups in total. The number of carbonyl (C=O) groups is 2. The van der Waals surface area contributed by atoms with Crippen LogP contribution >= 0.6 is 11.3 Å². The minimum atomic E-state index is -0.0903. The van der Waals surface area contributed by atoms with Gasteiger partial charge in [-0.05, 0) is 19.8 Å². The Morgan fingerprint density at radius 1 is 1.23 bits per heavy atom. The summed E-state index contributed by atoms with van der Waals surface area (Å²) in [7, 11) is 1.78. The van der Waals surface area contributed by atoms with Gasteiger partial charge in [0.05, 0.1) is 5.69 Å². The van der Waals surface area contributed by atoms with Crippen molar-refractivity contribution in [3.05, 3.63) is 28.1 Å². The minimum Gasteiger partial charge on any atom is -0.365 e. The van der Waals surface area contributed by atoms with E-state index >= 15 is 0 Å². The molecule has 0 atom stereocenters. The van der Waals surface area contributed by atoms with E-state index < -0.39 is 0 Å². The van der Waals surface area contributed by atoms with Gasteiger partial charge < -0.3 is 19.6 Å². The highest BCUT2D eigenvalue weighted by Crippen LogP contribution is 2.19. The van der Waals surface area contributed by atoms with Gasteiger partial charge in [-0.15, -0.1) is 11.3 Å². The molecule has 0 aromatic carbocycles. The Labute approximate surface area is 156 Å². The first-order chi connectivity index (χ1) is 12.5. The SMILES string of the molecule is CCc1noc(C)c1C(=O)N1CCCN(C(=O)c2csc(NC)n2)CC1. The Kier molecular flexibility index (Phi) is 5.55. The van der Waals surface area contributed by atoms with Crippen LogP contribution in [0.3, 0.4) is 0 Å². The lowest BCUT2D eigenvalue weighted by atomic mass is 10.1. The van der Waals surface area contributed by atoms with Crippen LogP contribution in [-0.4, -0.2) is 65.0 Å². The lowest BCUT2D eigenvalue weighted by molar-refractivity contribution is 0.0714. The molecule has 2 amide bonds. The van der Waals surface area contributed by atoms with Crippen molar-refractivity contribution in [2.24, 2.45) is 0 Å². The number of amides is 2. The molecule has 26 heavy (non-hydrogen) atoms. The van der Waals surface area contributed by atoms with Gasteiger partial charge >= 0.3 is 0 Å². The second-order valence-electron chi connectivity index (χ2n) is 6.14. The Morgan fingerprint density at radius 3 is 2.54 bits per heavy atom. The van der Waals surface area contributed by atoms with E-state index in [9.17, 15) is 9.59 Å². The van der Waals surface area contributed by atoms with Crippen LogP contribution in [0.25, 0.3) is 0 Å². The maximum atomic E-state index is 12.9. The molecule has 2 aromatic heterocycles. The van der Waals surface area contributed by atoms with Crippen LogP contribution in [0.4, 0.5) is 5.13 Å². The average Bonchev–Trinajstić information content (AvgIpc) is 3.19. The number of carbonyl (C=O) groups excluding carboxylic acids is 2. The molecule has 0 radical (unpaired) electrons. The molecule has 1 fully saturated rings. The van der Waals surface area contributed by atoms with Crippen LogP contribution < -0.4 is 5.32 Å². The molecular formula is C17H23N5O3S. The molecule has 140 valence electrons. The summed E-state index contributed by atoms with van der Waals surface area (Å²) in [6, 6.07) is 0. The van der Waals surface area contributed by atoms with Crippen LogP contribution in [0.2, 0.25) is 0 Å². The van der Waals surface area contributed by atoms with Crippen LogP contribution in [-0.2, 0) is 6.42 Å². The summed E-state index contributed by atoms with van der Waals surface area (Å²) >= 11 is 1.40. The highest BCUT2D eigenvalue weighted by molar-refractivity contribution is 7.13. The molecule has 3 rings (SSSR count). The predicted molar refractivity (Wildman–Crippen MR) is 98.7 cm³/mol. The Morgan fingerprint density at radius 2 is 1.92 bits per heavy atom. The third-order valence-corrected chi connectivity index (χ3v) is 5.35. The number of hydrogen-bond donors (Lipinski definition) is 1. The fourth-order valence-corrected chi connectivity index (χ4v) is 3.71. The smallest absolute Gasteiger partial charge is 0.273 e. The summed E-state index contributed by atoms with van der Waals surface area (Å²) < 4.78 is 5.18. The Bertz CT molecular complexity index is 800. The van der Waals surface area contributed by atoms with Crippen molar-refractivity contribution in [3.8, 4) is 0 Å². The van der Waals surface area contributed by atoms with Gasteiger partial charge in [0.25, 0.3) is 11.8 Å². The Hall–Kier alpha value is -2.42. The van der Waals surface area contributed by atoms with Gasteiger partial charge in [0.2, 0.25) is 0 Å². The van der Waals surface area contributed by atoms with Crippen molar-refractivity contribution in [2.75, 3.05) is 38.5 Å². The van der Waals surface area contributed by atoms with E-state index in [0.717, 1.165) is 11.6 Å². The molecular weight excluding hydrogens is 354 g/mol. The highest BCUT2D eigenvalue weighted by Gasteiger charge is 2.28. The summed E-state index contributed by atoms with van der Waals surface area (Å²) in [6.07, 6.45) is 1.38. The van der Waals surface area contributed by atoms with Gasteiger partial charge in [0.1, 0.15) is 17.0 Å². The molecule has 1 aliphatic rings. The number of rotatable bonds is 4. The average molecular weight is 377 g/mol. The van der Waals surface area contributed by atoms with Gasteiger partial charge in [-0.2, -0.15) is 0 Å². The first-order valence-corrected chi connectivity index (χ1v) is 9.60. The maximum Gasteiger partial charge on any atom is 0.273 e. The predicted octanol–water partition coefficient (Wildman–Crippen LogP) is 2.03. The first kappa shape index (κ1) is 18.4. The molecule has 1 saturated heterocycles. The molecule has 0 aliphatic carbocycles. The van der Waals surface area contributed by atoms with E-state index in [4.69, 9.17) is 4.52 Å². The zero-order valence-corrected chi connectivity index (χ0v) is 16.1. The third kappa shape index (κ3) is 3.57. The van der Waals surface area contributed by atoms with Crippen LogP contribution in [0.1, 0.15) is 45.6 Å². The van der Waals surface area contributed by atoms with Crippen LogP contribution in [0.5, 0.6) is 0 Å². The normalized spacial score (nSPS) is 15.0. The summed E-state index contributed by atoms with van der Waals surface area (Å²) in [5.74, 6) is 0.388. The van der Waals surface area contributed by atoms with Crippen LogP contribution in [0.15, 0.2) is 9.90 Å². The molecule has 2 aromatic rings. The van der Waals surface area contributed by atoms with E-state index in [1.165, 1.54) is 11.3 Å². The van der Waals surface area contributed by atoms with E-state index in [-0.39, 0.29) is 11.8 Å². The maximum absolute atomic E-state index is 12.9. The van der Waals surface area contributed by atoms with Crippen molar-refractivity contribution < 1.29 is 14.1 Å². The van der Waals surface area contributed by atoms with E-state index in [1.807, 2.05) is 6.92 Å². The minimum absolute atomic E-state index is 0.0685. The fourth-order valence-electron chi connectivity index (χ4n) is 3.06. The van der Waals surface area contributed by atoms with Gasteiger partial charge in [0, 0.05) is 38.6 Å². The number of aromatic nitrogens is 2. The molecule has 8 nitrogen and oxygen atoms in total. The number of aryl methyl sites for hydroxylation is 2. The molecule has 0 spiro atoms. The van der Waals surface area contributed by atoms with Gasteiger partial charge in [-0.25, -0.2) is 4.98 Å². The molecule has 1 aliphatic heterocycles. The lowest BCUT2D eigenvalue weighted by Gasteiger charge is -2.21. The monoisotopic (exact) mass is 377 g/mol. The Balaban J connectivity index is 1.69. The molecule has 0 bridgehead atoms. The number of nitrogens with one attached hydrogen (secondary N) is 1. The standard InChI is InChI=1S/C17H23N5O3S/c1-4-12-14(11(2)25-20-12)16(24)22-7-5-6-21(8-9-22)15(23)13-10-26-17(18-3)19-13/h10H,4-9H2,1-3H3,(H,18,19). The summed E-state index contributed by atoms with van der Waals surface area (Å²) in [4.78, 5) is 33.4. The first-order valence-electron chi connectivity index (χ1n) is 8.72. The van der Waals surface area contributed by atoms with Crippen molar-refractivity contribution in [1.82, 2.24) is 19.9 Å². The van der Waals surface area contributed by atoms with Crippen molar-refractivity contribution in [3.63, 3.8) is 0 Å². The summed E-state index contributed by atoms with van der Waals surface area (Å²) in [5, 5.41) is 9.38. The zero-order chi connectivity index (χ0) is 18.7. The van der Waals surface area contributed by atoms with Gasteiger partial charge in [-0.1, -0.05) is 12.1 Å². The van der Waals surface area contributed by atoms with Crippen molar-refractivity contribution in [1.29, 1.82) is 0 Å². The molecule has 3 heterocycles. The number of nitrogens with zero attached hydrogens (tertiary/aromatic N) is 4. The third-order valence-electron chi connectivity index (χ3n) is 4.49. The van der Waals surface area contributed by atoms with Crippen LogP contribution in [0, 0.1) is 6.92 Å². The van der Waals surface area contributed by atoms with E-state index in [0.29, 0.717) is 55.3 Å². The quantitative estimate of drug-likeness (QED) is 0.877. The van der Waals surface area contributed by atoms with E-state index in [1.54, 1.807) is 29.2 Å². The van der Waals surface area contributed by atoms with Gasteiger partial charge in [0.15, 0.2) is 5.13 Å². The zero-order valence-electron chi connectivity index (χ0n) is 15.2. The number of thiazole rings is 1. The summed E-state index contributed by atoms with van der Waals surface area (Å²) in [5.41, 5.74) is 1.69. The lowest BCUT2D eigenvalue weighted by Crippen LogP contribution is -2.37. The molecule has 0 unspecified atom stereocenters. The second-order valence-corrected chi connectivity index (χ2v) is 7.00. The molecule has 0 saturated carbocycles. The van der Waals surface area contributed by atoms with Crippen molar-refractivity contribution in [2.45, 2.75) is 26.7 Å². The number of anilines is 1. The van der Waals surface area contributed by atoms with Crippen molar-refractivity contribution >= 4 is 28.3 Å². The fraction of sp³-hybridized carbons (Fsp3) is 0.529. The largest absolute Gasteiger partial charge is 0.365 e. The highest BCUT2D eigenvalue weighted by atomic mass is 32.1. The van der Waals surface area contributed by atoms with Gasteiger partial charge in [-0.3, -0.25) is 9.59 Å². The second kappa shape index (κ2) is 7.86. The molecule has 9 heteroatoms. The summed E-state index contributed by atoms with van der Waals surface area (Å²) in [6.45, 7) is 5.90.